The summed E-state index contributed by atoms with van der Waals surface area (Å²) in [6.45, 7) is 2.05. The maximum absolute atomic E-state index is 5.58. The summed E-state index contributed by atoms with van der Waals surface area (Å²) < 4.78 is 5.58. The van der Waals surface area contributed by atoms with Crippen molar-refractivity contribution in [3.05, 3.63) is 36.3 Å². The van der Waals surface area contributed by atoms with Crippen LogP contribution in [0.15, 0.2) is 35.1 Å². The van der Waals surface area contributed by atoms with Crippen LogP contribution in [0.25, 0.3) is 22.1 Å². The van der Waals surface area contributed by atoms with Crippen molar-refractivity contribution in [2.75, 3.05) is 0 Å². The zero-order chi connectivity index (χ0) is 9.54. The van der Waals surface area contributed by atoms with Gasteiger partial charge in [-0.25, -0.2) is 4.98 Å². The SMILES string of the molecule is Cc1ccnc2oc3ccncc3c12. The number of hydrogen-bond donors (Lipinski definition) is 0. The lowest BCUT2D eigenvalue weighted by Gasteiger charge is -1.92. The Morgan fingerprint density at radius 2 is 2.14 bits per heavy atom. The van der Waals surface area contributed by atoms with Crippen LogP contribution in [-0.4, -0.2) is 9.97 Å². The number of aryl methyl sites for hydroxylation is 1. The van der Waals surface area contributed by atoms with Gasteiger partial charge in [-0.2, -0.15) is 0 Å². The van der Waals surface area contributed by atoms with Crippen molar-refractivity contribution in [3.8, 4) is 0 Å². The molecule has 0 aliphatic heterocycles. The maximum atomic E-state index is 5.58. The van der Waals surface area contributed by atoms with E-state index in [0.29, 0.717) is 5.71 Å². The topological polar surface area (TPSA) is 38.9 Å². The predicted octanol–water partition coefficient (Wildman–Crippen LogP) is 2.68. The highest BCUT2D eigenvalue weighted by atomic mass is 16.3. The number of pyridine rings is 2. The van der Waals surface area contributed by atoms with E-state index >= 15 is 0 Å². The number of fused-ring (bicyclic) bond motifs is 3. The first-order chi connectivity index (χ1) is 6.86. The molecule has 0 aliphatic rings. The van der Waals surface area contributed by atoms with Gasteiger partial charge in [-0.15, -0.1) is 0 Å². The molecule has 3 aromatic heterocycles. The minimum Gasteiger partial charge on any atom is -0.438 e. The highest BCUT2D eigenvalue weighted by molar-refractivity contribution is 6.04. The minimum atomic E-state index is 0.688. The molecular weight excluding hydrogens is 176 g/mol. The van der Waals surface area contributed by atoms with Gasteiger partial charge in [0.1, 0.15) is 5.58 Å². The van der Waals surface area contributed by atoms with E-state index < -0.39 is 0 Å². The van der Waals surface area contributed by atoms with E-state index in [4.69, 9.17) is 4.42 Å². The van der Waals surface area contributed by atoms with E-state index in [0.717, 1.165) is 16.4 Å². The van der Waals surface area contributed by atoms with Gasteiger partial charge < -0.3 is 4.42 Å². The summed E-state index contributed by atoms with van der Waals surface area (Å²) in [6, 6.07) is 3.83. The average Bonchev–Trinajstić information content (AvgIpc) is 2.57. The highest BCUT2D eigenvalue weighted by Gasteiger charge is 2.08. The molecule has 0 amide bonds. The molecule has 0 unspecified atom stereocenters. The van der Waals surface area contributed by atoms with Crippen LogP contribution in [0.4, 0.5) is 0 Å². The number of furan rings is 1. The Balaban J connectivity index is 2.65. The van der Waals surface area contributed by atoms with Crippen LogP contribution in [0.2, 0.25) is 0 Å². The standard InChI is InChI=1S/C11H8N2O/c1-7-2-5-13-11-10(7)8-6-12-4-3-9(8)14-11/h2-6H,1H3. The number of rotatable bonds is 0. The quantitative estimate of drug-likeness (QED) is 0.539. The average molecular weight is 184 g/mol. The Hall–Kier alpha value is -1.90. The Kier molecular flexibility index (Phi) is 1.36. The fraction of sp³-hybridized carbons (Fsp3) is 0.0909. The lowest BCUT2D eigenvalue weighted by molar-refractivity contribution is 0.653. The van der Waals surface area contributed by atoms with Gasteiger partial charge in [0.05, 0.1) is 5.39 Å². The largest absolute Gasteiger partial charge is 0.438 e. The van der Waals surface area contributed by atoms with Gasteiger partial charge in [0.15, 0.2) is 0 Å². The monoisotopic (exact) mass is 184 g/mol. The predicted molar refractivity (Wildman–Crippen MR) is 54.0 cm³/mol. The first-order valence-corrected chi connectivity index (χ1v) is 4.44. The van der Waals surface area contributed by atoms with E-state index in [1.807, 2.05) is 25.3 Å². The Morgan fingerprint density at radius 1 is 1.21 bits per heavy atom. The summed E-state index contributed by atoms with van der Waals surface area (Å²) >= 11 is 0. The smallest absolute Gasteiger partial charge is 0.227 e. The van der Waals surface area contributed by atoms with E-state index in [1.54, 1.807) is 12.4 Å². The molecule has 0 atom stereocenters. The second-order valence-electron chi connectivity index (χ2n) is 3.28. The third kappa shape index (κ3) is 0.865. The summed E-state index contributed by atoms with van der Waals surface area (Å²) in [4.78, 5) is 8.27. The van der Waals surface area contributed by atoms with Crippen molar-refractivity contribution in [1.82, 2.24) is 9.97 Å². The lowest BCUT2D eigenvalue weighted by Crippen LogP contribution is -1.77. The second-order valence-corrected chi connectivity index (χ2v) is 3.28. The van der Waals surface area contributed by atoms with Gasteiger partial charge in [0.25, 0.3) is 0 Å². The summed E-state index contributed by atoms with van der Waals surface area (Å²) in [5.41, 5.74) is 2.70. The van der Waals surface area contributed by atoms with Crippen LogP contribution in [0.5, 0.6) is 0 Å². The maximum Gasteiger partial charge on any atom is 0.227 e. The van der Waals surface area contributed by atoms with Crippen LogP contribution in [-0.2, 0) is 0 Å². The van der Waals surface area contributed by atoms with Crippen molar-refractivity contribution in [2.45, 2.75) is 6.92 Å². The van der Waals surface area contributed by atoms with E-state index in [1.165, 1.54) is 5.56 Å². The molecule has 0 saturated carbocycles. The van der Waals surface area contributed by atoms with Crippen molar-refractivity contribution >= 4 is 22.1 Å². The zero-order valence-corrected chi connectivity index (χ0v) is 7.69. The molecule has 0 bridgehead atoms. The molecule has 0 radical (unpaired) electrons. The molecule has 0 aromatic carbocycles. The Morgan fingerprint density at radius 3 is 3.07 bits per heavy atom. The second kappa shape index (κ2) is 2.54. The van der Waals surface area contributed by atoms with E-state index in [9.17, 15) is 0 Å². The number of aromatic nitrogens is 2. The Labute approximate surface area is 80.4 Å². The first kappa shape index (κ1) is 7.50. The van der Waals surface area contributed by atoms with Gasteiger partial charge in [0.2, 0.25) is 5.71 Å². The molecule has 0 saturated heterocycles. The summed E-state index contributed by atoms with van der Waals surface area (Å²) in [5.74, 6) is 0. The van der Waals surface area contributed by atoms with Crippen LogP contribution in [0.3, 0.4) is 0 Å². The molecule has 3 rings (SSSR count). The third-order valence-corrected chi connectivity index (χ3v) is 2.38. The van der Waals surface area contributed by atoms with Crippen LogP contribution in [0.1, 0.15) is 5.56 Å². The molecule has 3 heterocycles. The molecular formula is C11H8N2O. The van der Waals surface area contributed by atoms with Gasteiger partial charge in [-0.05, 0) is 24.6 Å². The van der Waals surface area contributed by atoms with Crippen molar-refractivity contribution in [1.29, 1.82) is 0 Å². The fourth-order valence-electron chi connectivity index (χ4n) is 1.70. The molecule has 3 heteroatoms. The fourth-order valence-corrected chi connectivity index (χ4v) is 1.70. The van der Waals surface area contributed by atoms with Crippen LogP contribution in [0, 0.1) is 6.92 Å². The summed E-state index contributed by atoms with van der Waals surface area (Å²) in [7, 11) is 0. The van der Waals surface area contributed by atoms with Crippen LogP contribution < -0.4 is 0 Å². The summed E-state index contributed by atoms with van der Waals surface area (Å²) in [5, 5.41) is 2.10. The molecule has 68 valence electrons. The van der Waals surface area contributed by atoms with Crippen molar-refractivity contribution < 1.29 is 4.42 Å². The minimum absolute atomic E-state index is 0.688. The molecule has 0 spiro atoms. The lowest BCUT2D eigenvalue weighted by atomic mass is 10.1. The Bertz CT molecular complexity index is 613. The normalized spacial score (nSPS) is 11.2. The zero-order valence-electron chi connectivity index (χ0n) is 7.69. The van der Waals surface area contributed by atoms with Gasteiger partial charge in [-0.1, -0.05) is 0 Å². The van der Waals surface area contributed by atoms with Gasteiger partial charge in [-0.3, -0.25) is 4.98 Å². The van der Waals surface area contributed by atoms with Crippen molar-refractivity contribution in [2.24, 2.45) is 0 Å². The molecule has 0 N–H and O–H groups in total. The molecule has 0 aliphatic carbocycles. The van der Waals surface area contributed by atoms with E-state index in [-0.39, 0.29) is 0 Å². The van der Waals surface area contributed by atoms with E-state index in [2.05, 4.69) is 9.97 Å². The molecule has 3 nitrogen and oxygen atoms in total. The van der Waals surface area contributed by atoms with Crippen molar-refractivity contribution in [3.63, 3.8) is 0 Å². The molecule has 3 aromatic rings. The van der Waals surface area contributed by atoms with Gasteiger partial charge in [0, 0.05) is 24.0 Å². The summed E-state index contributed by atoms with van der Waals surface area (Å²) in [6.07, 6.45) is 5.30. The van der Waals surface area contributed by atoms with Crippen LogP contribution >= 0.6 is 0 Å². The first-order valence-electron chi connectivity index (χ1n) is 4.44. The number of nitrogens with zero attached hydrogens (tertiary/aromatic N) is 2. The third-order valence-electron chi connectivity index (χ3n) is 2.38. The molecule has 14 heavy (non-hydrogen) atoms. The van der Waals surface area contributed by atoms with Gasteiger partial charge >= 0.3 is 0 Å². The number of hydrogen-bond acceptors (Lipinski definition) is 3. The highest BCUT2D eigenvalue weighted by Crippen LogP contribution is 2.28. The molecule has 0 fully saturated rings.